The Balaban J connectivity index is 2.25. The molecule has 1 heterocycles. The van der Waals surface area contributed by atoms with Gasteiger partial charge in [-0.3, -0.25) is 4.90 Å². The fourth-order valence-corrected chi connectivity index (χ4v) is 2.68. The van der Waals surface area contributed by atoms with Crippen molar-refractivity contribution in [2.75, 3.05) is 40.3 Å². The first-order valence-electron chi connectivity index (χ1n) is 7.42. The van der Waals surface area contributed by atoms with Crippen LogP contribution in [0.15, 0.2) is 0 Å². The molecule has 0 amide bonds. The van der Waals surface area contributed by atoms with Crippen LogP contribution in [-0.2, 0) is 0 Å². The maximum Gasteiger partial charge on any atom is 0.0192 e. The van der Waals surface area contributed by atoms with E-state index in [1.807, 2.05) is 0 Å². The summed E-state index contributed by atoms with van der Waals surface area (Å²) in [5, 5.41) is 3.61. The topological polar surface area (TPSA) is 18.5 Å². The summed E-state index contributed by atoms with van der Waals surface area (Å²) in [4.78, 5) is 4.97. The van der Waals surface area contributed by atoms with Crippen molar-refractivity contribution >= 4 is 0 Å². The van der Waals surface area contributed by atoms with Gasteiger partial charge >= 0.3 is 0 Å². The smallest absolute Gasteiger partial charge is 0.0192 e. The van der Waals surface area contributed by atoms with Gasteiger partial charge in [0.15, 0.2) is 0 Å². The van der Waals surface area contributed by atoms with Crippen molar-refractivity contribution in [3.05, 3.63) is 0 Å². The van der Waals surface area contributed by atoms with Crippen molar-refractivity contribution in [2.45, 2.75) is 52.1 Å². The van der Waals surface area contributed by atoms with Crippen LogP contribution in [0.1, 0.15) is 40.5 Å². The van der Waals surface area contributed by atoms with Gasteiger partial charge in [0.1, 0.15) is 0 Å². The lowest BCUT2D eigenvalue weighted by atomic mass is 9.95. The highest BCUT2D eigenvalue weighted by molar-refractivity contribution is 4.80. The summed E-state index contributed by atoms with van der Waals surface area (Å²) in [7, 11) is 4.37. The molecule has 1 aliphatic heterocycles. The molecule has 0 aromatic carbocycles. The molecule has 0 aromatic heterocycles. The highest BCUT2D eigenvalue weighted by atomic mass is 15.2. The van der Waals surface area contributed by atoms with E-state index >= 15 is 0 Å². The zero-order chi connectivity index (χ0) is 13.8. The van der Waals surface area contributed by atoms with Crippen LogP contribution >= 0.6 is 0 Å². The molecule has 108 valence electrons. The quantitative estimate of drug-likeness (QED) is 0.811. The predicted molar refractivity (Wildman–Crippen MR) is 80.1 cm³/mol. The summed E-state index contributed by atoms with van der Waals surface area (Å²) in [6, 6.07) is 0.657. The molecule has 1 fully saturated rings. The van der Waals surface area contributed by atoms with Crippen molar-refractivity contribution in [2.24, 2.45) is 5.92 Å². The Kier molecular flexibility index (Phi) is 6.09. The molecule has 1 N–H and O–H groups in total. The van der Waals surface area contributed by atoms with Gasteiger partial charge in [-0.25, -0.2) is 0 Å². The van der Waals surface area contributed by atoms with E-state index in [0.717, 1.165) is 12.5 Å². The van der Waals surface area contributed by atoms with E-state index in [1.165, 1.54) is 32.5 Å². The fourth-order valence-electron chi connectivity index (χ4n) is 2.68. The minimum Gasteiger partial charge on any atom is -0.311 e. The summed E-state index contributed by atoms with van der Waals surface area (Å²) < 4.78 is 0. The fraction of sp³-hybridized carbons (Fsp3) is 1.00. The van der Waals surface area contributed by atoms with Crippen molar-refractivity contribution in [1.82, 2.24) is 15.1 Å². The van der Waals surface area contributed by atoms with Crippen LogP contribution in [0.5, 0.6) is 0 Å². The van der Waals surface area contributed by atoms with Gasteiger partial charge in [0.25, 0.3) is 0 Å². The lowest BCUT2D eigenvalue weighted by molar-refractivity contribution is 0.122. The first-order chi connectivity index (χ1) is 8.28. The molecule has 0 saturated carbocycles. The van der Waals surface area contributed by atoms with Gasteiger partial charge in [0.05, 0.1) is 0 Å². The molecule has 1 saturated heterocycles. The molecule has 1 rings (SSSR count). The molecule has 0 bridgehead atoms. The van der Waals surface area contributed by atoms with Gasteiger partial charge in [-0.15, -0.1) is 0 Å². The lowest BCUT2D eigenvalue weighted by Gasteiger charge is -2.38. The molecule has 1 atom stereocenters. The normalized spacial score (nSPS) is 21.5. The second-order valence-electron chi connectivity index (χ2n) is 7.22. The predicted octanol–water partition coefficient (Wildman–Crippen LogP) is 2.04. The van der Waals surface area contributed by atoms with Crippen LogP contribution < -0.4 is 5.32 Å². The Morgan fingerprint density at radius 3 is 2.22 bits per heavy atom. The third kappa shape index (κ3) is 6.17. The second-order valence-corrected chi connectivity index (χ2v) is 7.22. The van der Waals surface area contributed by atoms with Gasteiger partial charge < -0.3 is 10.2 Å². The Morgan fingerprint density at radius 1 is 1.22 bits per heavy atom. The van der Waals surface area contributed by atoms with Crippen molar-refractivity contribution < 1.29 is 0 Å². The van der Waals surface area contributed by atoms with Gasteiger partial charge in [-0.2, -0.15) is 0 Å². The molecule has 0 spiro atoms. The van der Waals surface area contributed by atoms with E-state index in [0.29, 0.717) is 6.04 Å². The van der Waals surface area contributed by atoms with E-state index in [4.69, 9.17) is 0 Å². The van der Waals surface area contributed by atoms with Crippen molar-refractivity contribution in [3.8, 4) is 0 Å². The molecular formula is C15H33N3. The third-order valence-corrected chi connectivity index (χ3v) is 3.82. The van der Waals surface area contributed by atoms with Gasteiger partial charge in [0.2, 0.25) is 0 Å². The van der Waals surface area contributed by atoms with Crippen LogP contribution in [0, 0.1) is 5.92 Å². The number of hydrogen-bond donors (Lipinski definition) is 1. The summed E-state index contributed by atoms with van der Waals surface area (Å²) in [6.45, 7) is 14.0. The Morgan fingerprint density at radius 2 is 1.78 bits per heavy atom. The zero-order valence-corrected chi connectivity index (χ0v) is 13.3. The highest BCUT2D eigenvalue weighted by Gasteiger charge is 2.23. The second kappa shape index (κ2) is 6.88. The average molecular weight is 255 g/mol. The molecule has 1 aliphatic rings. The molecule has 0 aromatic rings. The standard InChI is InChI=1S/C15H33N3/c1-13(11-16-15(2,3)4)18-9-7-14(8-10-18)12-17(5)6/h13-14,16H,7-12H2,1-6H3. The molecule has 3 nitrogen and oxygen atoms in total. The maximum atomic E-state index is 3.61. The SMILES string of the molecule is CC(CNC(C)(C)C)N1CCC(CN(C)C)CC1. The summed E-state index contributed by atoms with van der Waals surface area (Å²) >= 11 is 0. The first-order valence-corrected chi connectivity index (χ1v) is 7.42. The summed E-state index contributed by atoms with van der Waals surface area (Å²) in [5.41, 5.74) is 0.234. The van der Waals surface area contributed by atoms with Gasteiger partial charge in [0, 0.05) is 24.7 Å². The summed E-state index contributed by atoms with van der Waals surface area (Å²) in [6.07, 6.45) is 2.72. The monoisotopic (exact) mass is 255 g/mol. The first kappa shape index (κ1) is 15.9. The molecule has 0 radical (unpaired) electrons. The number of nitrogens with one attached hydrogen (secondary N) is 1. The molecule has 0 aliphatic carbocycles. The number of hydrogen-bond acceptors (Lipinski definition) is 3. The number of nitrogens with zero attached hydrogens (tertiary/aromatic N) is 2. The number of rotatable bonds is 5. The molecule has 3 heteroatoms. The van der Waals surface area contributed by atoms with E-state index in [2.05, 4.69) is 56.9 Å². The van der Waals surface area contributed by atoms with Crippen LogP contribution in [0.25, 0.3) is 0 Å². The lowest BCUT2D eigenvalue weighted by Crippen LogP contribution is -2.49. The van der Waals surface area contributed by atoms with Crippen molar-refractivity contribution in [1.29, 1.82) is 0 Å². The van der Waals surface area contributed by atoms with Crippen LogP contribution in [0.4, 0.5) is 0 Å². The minimum atomic E-state index is 0.234. The average Bonchev–Trinajstić information content (AvgIpc) is 2.25. The van der Waals surface area contributed by atoms with Crippen LogP contribution in [0.3, 0.4) is 0 Å². The Bertz CT molecular complexity index is 224. The minimum absolute atomic E-state index is 0.234. The maximum absolute atomic E-state index is 3.61. The number of likely N-dealkylation sites (tertiary alicyclic amines) is 1. The molecular weight excluding hydrogens is 222 g/mol. The van der Waals surface area contributed by atoms with Crippen LogP contribution in [-0.4, -0.2) is 61.7 Å². The van der Waals surface area contributed by atoms with Crippen LogP contribution in [0.2, 0.25) is 0 Å². The third-order valence-electron chi connectivity index (χ3n) is 3.82. The Hall–Kier alpha value is -0.120. The van der Waals surface area contributed by atoms with Gasteiger partial charge in [-0.05, 0) is 73.6 Å². The molecule has 18 heavy (non-hydrogen) atoms. The van der Waals surface area contributed by atoms with E-state index < -0.39 is 0 Å². The van der Waals surface area contributed by atoms with E-state index in [9.17, 15) is 0 Å². The largest absolute Gasteiger partial charge is 0.311 e. The Labute approximate surface area is 114 Å². The van der Waals surface area contributed by atoms with E-state index in [1.54, 1.807) is 0 Å². The van der Waals surface area contributed by atoms with Gasteiger partial charge in [-0.1, -0.05) is 0 Å². The molecule has 1 unspecified atom stereocenters. The van der Waals surface area contributed by atoms with E-state index in [-0.39, 0.29) is 5.54 Å². The highest BCUT2D eigenvalue weighted by Crippen LogP contribution is 2.19. The van der Waals surface area contributed by atoms with Crippen molar-refractivity contribution in [3.63, 3.8) is 0 Å². The zero-order valence-electron chi connectivity index (χ0n) is 13.3. The summed E-state index contributed by atoms with van der Waals surface area (Å²) in [5.74, 6) is 0.902. The number of piperidine rings is 1.